The number of carbonyl (C=O) groups is 1. The van der Waals surface area contributed by atoms with E-state index in [9.17, 15) is 4.79 Å². The van der Waals surface area contributed by atoms with E-state index in [0.717, 1.165) is 6.54 Å². The van der Waals surface area contributed by atoms with Crippen molar-refractivity contribution in [2.45, 2.75) is 6.92 Å². The van der Waals surface area contributed by atoms with Crippen molar-refractivity contribution in [3.63, 3.8) is 0 Å². The van der Waals surface area contributed by atoms with Gasteiger partial charge in [-0.3, -0.25) is 4.79 Å². The fourth-order valence-electron chi connectivity index (χ4n) is 1.27. The van der Waals surface area contributed by atoms with E-state index in [1.807, 2.05) is 6.92 Å². The lowest BCUT2D eigenvalue weighted by molar-refractivity contribution is 0.0996. The van der Waals surface area contributed by atoms with Gasteiger partial charge in [-0.2, -0.15) is 0 Å². The molecule has 1 aromatic carbocycles. The number of halogens is 1. The molecule has 88 valence electrons. The van der Waals surface area contributed by atoms with Crippen LogP contribution in [0.2, 0.25) is 5.02 Å². The Morgan fingerprint density at radius 3 is 2.94 bits per heavy atom. The van der Waals surface area contributed by atoms with E-state index in [-0.39, 0.29) is 5.56 Å². The third-order valence-corrected chi connectivity index (χ3v) is 2.32. The molecular weight excluding hydrogens is 228 g/mol. The number of carbonyl (C=O) groups excluding carboxylic acids is 1. The van der Waals surface area contributed by atoms with Gasteiger partial charge in [0.2, 0.25) is 0 Å². The SMILES string of the molecule is CCNCCOc1cccc(Cl)c1C(N)=O. The minimum absolute atomic E-state index is 0.237. The molecule has 1 rings (SSSR count). The summed E-state index contributed by atoms with van der Waals surface area (Å²) in [5.74, 6) is -0.151. The highest BCUT2D eigenvalue weighted by Crippen LogP contribution is 2.25. The van der Waals surface area contributed by atoms with Crippen molar-refractivity contribution in [2.24, 2.45) is 5.73 Å². The highest BCUT2D eigenvalue weighted by atomic mass is 35.5. The number of nitrogens with two attached hydrogens (primary N) is 1. The average molecular weight is 243 g/mol. The van der Waals surface area contributed by atoms with Gasteiger partial charge in [0.05, 0.1) is 10.6 Å². The molecule has 0 atom stereocenters. The fourth-order valence-corrected chi connectivity index (χ4v) is 1.53. The van der Waals surface area contributed by atoms with Crippen LogP contribution in [0.25, 0.3) is 0 Å². The standard InChI is InChI=1S/C11H15ClN2O2/c1-2-14-6-7-16-9-5-3-4-8(12)10(9)11(13)15/h3-5,14H,2,6-7H2,1H3,(H2,13,15). The summed E-state index contributed by atoms with van der Waals surface area (Å²) in [6, 6.07) is 5.01. The van der Waals surface area contributed by atoms with Gasteiger partial charge in [-0.15, -0.1) is 0 Å². The minimum atomic E-state index is -0.580. The van der Waals surface area contributed by atoms with Crippen LogP contribution in [-0.4, -0.2) is 25.6 Å². The van der Waals surface area contributed by atoms with Gasteiger partial charge in [0.15, 0.2) is 0 Å². The summed E-state index contributed by atoms with van der Waals surface area (Å²) in [4.78, 5) is 11.2. The van der Waals surface area contributed by atoms with Crippen molar-refractivity contribution in [3.05, 3.63) is 28.8 Å². The molecule has 5 heteroatoms. The largest absolute Gasteiger partial charge is 0.491 e. The average Bonchev–Trinajstić information content (AvgIpc) is 2.24. The monoisotopic (exact) mass is 242 g/mol. The van der Waals surface area contributed by atoms with Crippen molar-refractivity contribution >= 4 is 17.5 Å². The molecule has 0 bridgehead atoms. The maximum absolute atomic E-state index is 11.2. The first kappa shape index (κ1) is 12.8. The first-order valence-corrected chi connectivity index (χ1v) is 5.46. The van der Waals surface area contributed by atoms with Crippen LogP contribution in [0.4, 0.5) is 0 Å². The predicted octanol–water partition coefficient (Wildman–Crippen LogP) is 1.43. The maximum Gasteiger partial charge on any atom is 0.253 e. The molecule has 16 heavy (non-hydrogen) atoms. The summed E-state index contributed by atoms with van der Waals surface area (Å²) in [6.45, 7) is 4.06. The molecule has 0 aliphatic rings. The number of hydrogen-bond acceptors (Lipinski definition) is 3. The normalized spacial score (nSPS) is 10.1. The van der Waals surface area contributed by atoms with E-state index >= 15 is 0 Å². The number of hydrogen-bond donors (Lipinski definition) is 2. The second kappa shape index (κ2) is 6.35. The number of likely N-dealkylation sites (N-methyl/N-ethyl adjacent to an activating group) is 1. The van der Waals surface area contributed by atoms with Crippen LogP contribution in [0.3, 0.4) is 0 Å². The summed E-state index contributed by atoms with van der Waals surface area (Å²) in [7, 11) is 0. The number of rotatable bonds is 6. The summed E-state index contributed by atoms with van der Waals surface area (Å²) in [5, 5.41) is 3.42. The summed E-state index contributed by atoms with van der Waals surface area (Å²) in [6.07, 6.45) is 0. The molecule has 0 heterocycles. The van der Waals surface area contributed by atoms with Crippen LogP contribution < -0.4 is 15.8 Å². The van der Waals surface area contributed by atoms with Gasteiger partial charge in [-0.1, -0.05) is 24.6 Å². The van der Waals surface area contributed by atoms with Crippen molar-refractivity contribution in [1.82, 2.24) is 5.32 Å². The Hall–Kier alpha value is -1.26. The van der Waals surface area contributed by atoms with E-state index in [1.165, 1.54) is 0 Å². The van der Waals surface area contributed by atoms with Crippen LogP contribution in [0.5, 0.6) is 5.75 Å². The third kappa shape index (κ3) is 3.40. The van der Waals surface area contributed by atoms with Crippen molar-refractivity contribution in [2.75, 3.05) is 19.7 Å². The van der Waals surface area contributed by atoms with Crippen molar-refractivity contribution in [3.8, 4) is 5.75 Å². The number of nitrogens with one attached hydrogen (secondary N) is 1. The van der Waals surface area contributed by atoms with E-state index < -0.39 is 5.91 Å². The lowest BCUT2D eigenvalue weighted by Crippen LogP contribution is -2.21. The molecule has 0 aromatic heterocycles. The Labute approximate surface area is 99.7 Å². The number of benzene rings is 1. The smallest absolute Gasteiger partial charge is 0.253 e. The van der Waals surface area contributed by atoms with Crippen LogP contribution in [-0.2, 0) is 0 Å². The first-order chi connectivity index (χ1) is 7.66. The predicted molar refractivity (Wildman–Crippen MR) is 64.0 cm³/mol. The topological polar surface area (TPSA) is 64.3 Å². The molecule has 0 saturated carbocycles. The molecule has 1 amide bonds. The second-order valence-electron chi connectivity index (χ2n) is 3.18. The van der Waals surface area contributed by atoms with Gasteiger partial charge in [-0.25, -0.2) is 0 Å². The Morgan fingerprint density at radius 1 is 1.56 bits per heavy atom. The van der Waals surface area contributed by atoms with Crippen molar-refractivity contribution in [1.29, 1.82) is 0 Å². The molecule has 0 spiro atoms. The Balaban J connectivity index is 2.71. The number of ether oxygens (including phenoxy) is 1. The molecular formula is C11H15ClN2O2. The minimum Gasteiger partial charge on any atom is -0.491 e. The van der Waals surface area contributed by atoms with Gasteiger partial charge < -0.3 is 15.8 Å². The van der Waals surface area contributed by atoms with Crippen LogP contribution in [0.15, 0.2) is 18.2 Å². The maximum atomic E-state index is 11.2. The summed E-state index contributed by atoms with van der Waals surface area (Å²) >= 11 is 5.87. The lowest BCUT2D eigenvalue weighted by Gasteiger charge is -2.10. The Kier molecular flexibility index (Phi) is 5.08. The summed E-state index contributed by atoms with van der Waals surface area (Å²) in [5.41, 5.74) is 5.46. The lowest BCUT2D eigenvalue weighted by atomic mass is 10.2. The summed E-state index contributed by atoms with van der Waals surface area (Å²) < 4.78 is 5.43. The van der Waals surface area contributed by atoms with Crippen LogP contribution in [0, 0.1) is 0 Å². The third-order valence-electron chi connectivity index (χ3n) is 2.01. The van der Waals surface area contributed by atoms with E-state index in [0.29, 0.717) is 23.9 Å². The molecule has 1 aromatic rings. The van der Waals surface area contributed by atoms with Crippen LogP contribution >= 0.6 is 11.6 Å². The van der Waals surface area contributed by atoms with Gasteiger partial charge in [0.25, 0.3) is 5.91 Å². The molecule has 3 N–H and O–H groups in total. The Morgan fingerprint density at radius 2 is 2.31 bits per heavy atom. The zero-order valence-electron chi connectivity index (χ0n) is 9.13. The highest BCUT2D eigenvalue weighted by molar-refractivity contribution is 6.34. The second-order valence-corrected chi connectivity index (χ2v) is 3.59. The Bertz CT molecular complexity index is 369. The van der Waals surface area contributed by atoms with E-state index in [1.54, 1.807) is 18.2 Å². The zero-order valence-corrected chi connectivity index (χ0v) is 9.88. The van der Waals surface area contributed by atoms with E-state index in [2.05, 4.69) is 5.32 Å². The molecule has 4 nitrogen and oxygen atoms in total. The van der Waals surface area contributed by atoms with Gasteiger partial charge in [0, 0.05) is 6.54 Å². The van der Waals surface area contributed by atoms with Gasteiger partial charge in [0.1, 0.15) is 12.4 Å². The molecule has 0 radical (unpaired) electrons. The van der Waals surface area contributed by atoms with Gasteiger partial charge >= 0.3 is 0 Å². The zero-order chi connectivity index (χ0) is 12.0. The van der Waals surface area contributed by atoms with Crippen molar-refractivity contribution < 1.29 is 9.53 Å². The van der Waals surface area contributed by atoms with E-state index in [4.69, 9.17) is 22.1 Å². The molecule has 0 unspecified atom stereocenters. The fraction of sp³-hybridized carbons (Fsp3) is 0.364. The van der Waals surface area contributed by atoms with Crippen LogP contribution in [0.1, 0.15) is 17.3 Å². The molecule has 0 aliphatic carbocycles. The highest BCUT2D eigenvalue weighted by Gasteiger charge is 2.13. The molecule has 0 aliphatic heterocycles. The number of primary amides is 1. The number of amides is 1. The first-order valence-electron chi connectivity index (χ1n) is 5.08. The molecule has 0 saturated heterocycles. The van der Waals surface area contributed by atoms with Gasteiger partial charge in [-0.05, 0) is 18.7 Å². The quantitative estimate of drug-likeness (QED) is 0.742. The molecule has 0 fully saturated rings.